The Balaban J connectivity index is 3.15. The monoisotopic (exact) mass is 217 g/mol. The Kier molecular flexibility index (Phi) is 3.67. The number of carbonyl (C=O) groups excluding carboxylic acids is 2. The molecule has 1 rings (SSSR count). The summed E-state index contributed by atoms with van der Waals surface area (Å²) in [6.07, 6.45) is 0. The number of methoxy groups -OCH3 is 1. The van der Waals surface area contributed by atoms with Crippen LogP contribution in [0.5, 0.6) is 0 Å². The van der Waals surface area contributed by atoms with Crippen molar-refractivity contribution in [2.45, 2.75) is 6.92 Å². The number of ether oxygens (including phenoxy) is 1. The highest BCUT2D eigenvalue weighted by molar-refractivity contribution is 5.93. The number of primary amides is 1. The van der Waals surface area contributed by atoms with Crippen molar-refractivity contribution >= 4 is 11.9 Å². The number of carbonyl (C=O) groups is 2. The zero-order valence-corrected chi connectivity index (χ0v) is 9.03. The third kappa shape index (κ3) is 2.85. The lowest BCUT2D eigenvalue weighted by atomic mass is 10.1. The van der Waals surface area contributed by atoms with Gasteiger partial charge in [0.05, 0.1) is 12.7 Å². The molecule has 0 aromatic heterocycles. The molecule has 0 atom stereocenters. The zero-order valence-electron chi connectivity index (χ0n) is 9.03. The Bertz CT molecular complexity index is 495. The summed E-state index contributed by atoms with van der Waals surface area (Å²) in [5.74, 6) is 3.67. The van der Waals surface area contributed by atoms with E-state index in [1.807, 2.05) is 6.92 Å². The highest BCUT2D eigenvalue weighted by Gasteiger charge is 2.06. The molecule has 1 aromatic carbocycles. The lowest BCUT2D eigenvalue weighted by Crippen LogP contribution is -2.06. The van der Waals surface area contributed by atoms with Gasteiger partial charge in [-0.25, -0.2) is 4.79 Å². The van der Waals surface area contributed by atoms with E-state index < -0.39 is 11.9 Å². The summed E-state index contributed by atoms with van der Waals surface area (Å²) in [6, 6.07) is 4.94. The Morgan fingerprint density at radius 1 is 1.38 bits per heavy atom. The fourth-order valence-electron chi connectivity index (χ4n) is 1.13. The SMILES string of the molecule is COC(=O)c1ccc(C)c(C#CC(N)=O)c1. The van der Waals surface area contributed by atoms with Crippen LogP contribution in [0.4, 0.5) is 0 Å². The molecule has 4 nitrogen and oxygen atoms in total. The summed E-state index contributed by atoms with van der Waals surface area (Å²) >= 11 is 0. The van der Waals surface area contributed by atoms with E-state index in [9.17, 15) is 9.59 Å². The molecule has 1 aromatic rings. The molecule has 0 aliphatic rings. The van der Waals surface area contributed by atoms with Crippen LogP contribution < -0.4 is 5.73 Å². The molecule has 2 N–H and O–H groups in total. The molecule has 0 heterocycles. The molecule has 0 spiro atoms. The van der Waals surface area contributed by atoms with Gasteiger partial charge in [0, 0.05) is 5.56 Å². The van der Waals surface area contributed by atoms with Crippen LogP contribution in [0.1, 0.15) is 21.5 Å². The minimum Gasteiger partial charge on any atom is -0.465 e. The largest absolute Gasteiger partial charge is 0.465 e. The molecular weight excluding hydrogens is 206 g/mol. The standard InChI is InChI=1S/C12H11NO3/c1-8-3-4-10(12(15)16-2)7-9(8)5-6-11(13)14/h3-4,7H,1-2H3,(H2,13,14). The van der Waals surface area contributed by atoms with Gasteiger partial charge in [-0.15, -0.1) is 0 Å². The zero-order chi connectivity index (χ0) is 12.1. The number of hydrogen-bond donors (Lipinski definition) is 1. The Hall–Kier alpha value is -2.28. The molecule has 1 amide bonds. The number of aryl methyl sites for hydroxylation is 1. The van der Waals surface area contributed by atoms with Gasteiger partial charge in [-0.05, 0) is 30.5 Å². The Morgan fingerprint density at radius 2 is 2.06 bits per heavy atom. The molecule has 82 valence electrons. The van der Waals surface area contributed by atoms with Gasteiger partial charge in [0.2, 0.25) is 0 Å². The van der Waals surface area contributed by atoms with Crippen LogP contribution in [0.2, 0.25) is 0 Å². The van der Waals surface area contributed by atoms with E-state index in [0.717, 1.165) is 5.56 Å². The summed E-state index contributed by atoms with van der Waals surface area (Å²) in [4.78, 5) is 21.8. The van der Waals surface area contributed by atoms with Gasteiger partial charge in [0.1, 0.15) is 0 Å². The van der Waals surface area contributed by atoms with Gasteiger partial charge in [0.15, 0.2) is 0 Å². The first-order chi connectivity index (χ1) is 7.54. The van der Waals surface area contributed by atoms with Crippen LogP contribution in [0, 0.1) is 18.8 Å². The van der Waals surface area contributed by atoms with Crippen LogP contribution in [-0.2, 0) is 9.53 Å². The van der Waals surface area contributed by atoms with Crippen molar-refractivity contribution in [2.75, 3.05) is 7.11 Å². The number of benzene rings is 1. The van der Waals surface area contributed by atoms with E-state index in [2.05, 4.69) is 16.6 Å². The van der Waals surface area contributed by atoms with Crippen molar-refractivity contribution in [3.8, 4) is 11.8 Å². The minimum atomic E-state index is -0.706. The average Bonchev–Trinajstić information content (AvgIpc) is 2.26. The Labute approximate surface area is 93.4 Å². The van der Waals surface area contributed by atoms with E-state index in [0.29, 0.717) is 11.1 Å². The summed E-state index contributed by atoms with van der Waals surface area (Å²) < 4.78 is 4.58. The summed E-state index contributed by atoms with van der Waals surface area (Å²) in [7, 11) is 1.30. The van der Waals surface area contributed by atoms with Crippen LogP contribution in [0.25, 0.3) is 0 Å². The number of amides is 1. The highest BCUT2D eigenvalue weighted by atomic mass is 16.5. The maximum atomic E-state index is 11.3. The third-order valence-corrected chi connectivity index (χ3v) is 1.98. The highest BCUT2D eigenvalue weighted by Crippen LogP contribution is 2.10. The second kappa shape index (κ2) is 4.99. The molecule has 0 saturated heterocycles. The van der Waals surface area contributed by atoms with Crippen LogP contribution in [0.15, 0.2) is 18.2 Å². The van der Waals surface area contributed by atoms with E-state index >= 15 is 0 Å². The first kappa shape index (κ1) is 11.8. The molecule has 16 heavy (non-hydrogen) atoms. The first-order valence-electron chi connectivity index (χ1n) is 4.55. The van der Waals surface area contributed by atoms with Crippen LogP contribution in [-0.4, -0.2) is 19.0 Å². The van der Waals surface area contributed by atoms with E-state index in [1.165, 1.54) is 7.11 Å². The number of hydrogen-bond acceptors (Lipinski definition) is 3. The van der Waals surface area contributed by atoms with Gasteiger partial charge in [0.25, 0.3) is 5.91 Å². The van der Waals surface area contributed by atoms with Crippen molar-refractivity contribution in [3.05, 3.63) is 34.9 Å². The summed E-state index contributed by atoms with van der Waals surface area (Å²) in [5, 5.41) is 0. The maximum Gasteiger partial charge on any atom is 0.337 e. The number of nitrogens with two attached hydrogens (primary N) is 1. The van der Waals surface area contributed by atoms with Gasteiger partial charge >= 0.3 is 5.97 Å². The number of esters is 1. The fraction of sp³-hybridized carbons (Fsp3) is 0.167. The summed E-state index contributed by atoms with van der Waals surface area (Å²) in [6.45, 7) is 1.83. The average molecular weight is 217 g/mol. The van der Waals surface area contributed by atoms with Gasteiger partial charge < -0.3 is 10.5 Å². The predicted molar refractivity (Wildman–Crippen MR) is 58.6 cm³/mol. The number of rotatable bonds is 1. The quantitative estimate of drug-likeness (QED) is 0.553. The minimum absolute atomic E-state index is 0.391. The molecule has 0 fully saturated rings. The normalized spacial score (nSPS) is 8.88. The Morgan fingerprint density at radius 3 is 2.62 bits per heavy atom. The van der Waals surface area contributed by atoms with Gasteiger partial charge in [-0.1, -0.05) is 12.0 Å². The van der Waals surface area contributed by atoms with E-state index in [4.69, 9.17) is 5.73 Å². The topological polar surface area (TPSA) is 69.4 Å². The van der Waals surface area contributed by atoms with Crippen LogP contribution >= 0.6 is 0 Å². The molecule has 0 saturated carbocycles. The molecule has 0 bridgehead atoms. The predicted octanol–water partition coefficient (Wildman–Crippen LogP) is 0.618. The summed E-state index contributed by atoms with van der Waals surface area (Å²) in [5.41, 5.74) is 6.75. The molecule has 0 aliphatic carbocycles. The third-order valence-electron chi connectivity index (χ3n) is 1.98. The van der Waals surface area contributed by atoms with Crippen molar-refractivity contribution in [1.29, 1.82) is 0 Å². The van der Waals surface area contributed by atoms with Crippen molar-refractivity contribution in [1.82, 2.24) is 0 Å². The van der Waals surface area contributed by atoms with Crippen molar-refractivity contribution in [3.63, 3.8) is 0 Å². The molecule has 0 aliphatic heterocycles. The lowest BCUT2D eigenvalue weighted by Gasteiger charge is -2.02. The fourth-order valence-corrected chi connectivity index (χ4v) is 1.13. The van der Waals surface area contributed by atoms with E-state index in [-0.39, 0.29) is 0 Å². The lowest BCUT2D eigenvalue weighted by molar-refractivity contribution is -0.112. The van der Waals surface area contributed by atoms with Crippen LogP contribution in [0.3, 0.4) is 0 Å². The molecule has 0 unspecified atom stereocenters. The maximum absolute atomic E-state index is 11.3. The first-order valence-corrected chi connectivity index (χ1v) is 4.55. The molecule has 4 heteroatoms. The van der Waals surface area contributed by atoms with Crippen molar-refractivity contribution in [2.24, 2.45) is 5.73 Å². The van der Waals surface area contributed by atoms with Gasteiger partial charge in [-0.3, -0.25) is 4.79 Å². The van der Waals surface area contributed by atoms with Crippen molar-refractivity contribution < 1.29 is 14.3 Å². The van der Waals surface area contributed by atoms with Gasteiger partial charge in [-0.2, -0.15) is 0 Å². The second-order valence-electron chi connectivity index (χ2n) is 3.14. The second-order valence-corrected chi connectivity index (χ2v) is 3.14. The molecular formula is C12H11NO3. The molecule has 0 radical (unpaired) electrons. The smallest absolute Gasteiger partial charge is 0.337 e. The van der Waals surface area contributed by atoms with E-state index in [1.54, 1.807) is 18.2 Å².